The molecule has 0 bridgehead atoms. The van der Waals surface area contributed by atoms with Crippen LogP contribution >= 0.6 is 0 Å². The second kappa shape index (κ2) is 4.37. The van der Waals surface area contributed by atoms with Crippen molar-refractivity contribution in [3.05, 3.63) is 54.4 Å². The number of aromatic nitrogens is 3. The average molecular weight is 301 g/mol. The summed E-state index contributed by atoms with van der Waals surface area (Å²) in [5.74, 6) is 0. The number of halogens is 3. The highest BCUT2D eigenvalue weighted by Crippen LogP contribution is 2.38. The Kier molecular flexibility index (Phi) is 2.57. The molecule has 110 valence electrons. The zero-order chi connectivity index (χ0) is 15.3. The van der Waals surface area contributed by atoms with Crippen molar-refractivity contribution in [1.29, 1.82) is 0 Å². The molecule has 0 saturated carbocycles. The number of benzene rings is 2. The predicted molar refractivity (Wildman–Crippen MR) is 78.4 cm³/mol. The predicted octanol–water partition coefficient (Wildman–Crippen LogP) is 4.73. The highest BCUT2D eigenvalue weighted by Gasteiger charge is 2.32. The summed E-state index contributed by atoms with van der Waals surface area (Å²) in [5.41, 5.74) is 1.80. The van der Waals surface area contributed by atoms with E-state index in [2.05, 4.69) is 15.2 Å². The summed E-state index contributed by atoms with van der Waals surface area (Å²) < 4.78 is 39.3. The molecule has 0 fully saturated rings. The number of hydrogen-bond acceptors (Lipinski definition) is 1. The molecule has 0 unspecified atom stereocenters. The van der Waals surface area contributed by atoms with Crippen LogP contribution in [0, 0.1) is 0 Å². The molecule has 0 atom stereocenters. The minimum absolute atomic E-state index is 0.370. The van der Waals surface area contributed by atoms with Crippen LogP contribution in [0.3, 0.4) is 0 Å². The normalized spacial score (nSPS) is 12.3. The van der Waals surface area contributed by atoms with Gasteiger partial charge in [-0.15, -0.1) is 0 Å². The topological polar surface area (TPSA) is 44.5 Å². The number of alkyl halides is 3. The fourth-order valence-corrected chi connectivity index (χ4v) is 2.73. The Balaban J connectivity index is 2.07. The van der Waals surface area contributed by atoms with Gasteiger partial charge in [0.15, 0.2) is 0 Å². The van der Waals surface area contributed by atoms with Crippen LogP contribution in [-0.2, 0) is 6.18 Å². The van der Waals surface area contributed by atoms with E-state index in [1.807, 2.05) is 24.3 Å². The lowest BCUT2D eigenvalue weighted by Gasteiger charge is -2.10. The van der Waals surface area contributed by atoms with Crippen LogP contribution in [0.5, 0.6) is 0 Å². The third-order valence-electron chi connectivity index (χ3n) is 3.77. The van der Waals surface area contributed by atoms with Crippen molar-refractivity contribution >= 4 is 21.8 Å². The molecule has 0 radical (unpaired) electrons. The molecule has 2 heterocycles. The van der Waals surface area contributed by atoms with E-state index in [0.29, 0.717) is 16.5 Å². The molecule has 2 aromatic heterocycles. The number of rotatable bonds is 1. The summed E-state index contributed by atoms with van der Waals surface area (Å²) in [6.45, 7) is 0. The SMILES string of the molecule is FC(F)(F)c1cc(-c2c[nH]c3ccccc23)c2cn[nH]c2c1. The van der Waals surface area contributed by atoms with Gasteiger partial charge in [0.2, 0.25) is 0 Å². The Labute approximate surface area is 122 Å². The molecular weight excluding hydrogens is 291 g/mol. The molecule has 0 aliphatic rings. The molecule has 0 saturated heterocycles. The summed E-state index contributed by atoms with van der Waals surface area (Å²) in [4.78, 5) is 3.09. The monoisotopic (exact) mass is 301 g/mol. The number of H-pyrrole nitrogens is 2. The van der Waals surface area contributed by atoms with Crippen LogP contribution in [0.1, 0.15) is 5.56 Å². The highest BCUT2D eigenvalue weighted by molar-refractivity contribution is 6.04. The van der Waals surface area contributed by atoms with E-state index in [-0.39, 0.29) is 0 Å². The van der Waals surface area contributed by atoms with Crippen molar-refractivity contribution < 1.29 is 13.2 Å². The van der Waals surface area contributed by atoms with Gasteiger partial charge in [-0.2, -0.15) is 18.3 Å². The summed E-state index contributed by atoms with van der Waals surface area (Å²) in [7, 11) is 0. The first-order valence-electron chi connectivity index (χ1n) is 6.65. The number of aromatic amines is 2. The minimum Gasteiger partial charge on any atom is -0.361 e. The first kappa shape index (κ1) is 12.9. The molecule has 2 aromatic carbocycles. The zero-order valence-corrected chi connectivity index (χ0v) is 11.2. The molecule has 3 nitrogen and oxygen atoms in total. The van der Waals surface area contributed by atoms with E-state index in [1.165, 1.54) is 6.07 Å². The number of fused-ring (bicyclic) bond motifs is 2. The summed E-state index contributed by atoms with van der Waals surface area (Å²) in [6, 6.07) is 9.77. The molecule has 0 aliphatic heterocycles. The van der Waals surface area contributed by atoms with E-state index in [9.17, 15) is 13.2 Å². The second-order valence-electron chi connectivity index (χ2n) is 5.10. The number of nitrogens with one attached hydrogen (secondary N) is 2. The highest BCUT2D eigenvalue weighted by atomic mass is 19.4. The Morgan fingerprint density at radius 2 is 1.73 bits per heavy atom. The van der Waals surface area contributed by atoms with Crippen molar-refractivity contribution in [2.75, 3.05) is 0 Å². The van der Waals surface area contributed by atoms with Crippen LogP contribution in [0.25, 0.3) is 32.9 Å². The molecule has 0 aliphatic carbocycles. The largest absolute Gasteiger partial charge is 0.416 e. The van der Waals surface area contributed by atoms with Crippen molar-refractivity contribution in [3.8, 4) is 11.1 Å². The van der Waals surface area contributed by atoms with Gasteiger partial charge in [0.25, 0.3) is 0 Å². The molecule has 6 heteroatoms. The maximum absolute atomic E-state index is 13.1. The Morgan fingerprint density at radius 1 is 0.909 bits per heavy atom. The molecule has 22 heavy (non-hydrogen) atoms. The first-order chi connectivity index (χ1) is 10.5. The number of para-hydroxylation sites is 1. The van der Waals surface area contributed by atoms with Gasteiger partial charge >= 0.3 is 6.18 Å². The van der Waals surface area contributed by atoms with Gasteiger partial charge in [-0.3, -0.25) is 5.10 Å². The standard InChI is InChI=1S/C16H10F3N3/c17-16(18,19)9-5-11(13-8-21-22-15(13)6-9)12-7-20-14-4-2-1-3-10(12)14/h1-8,20H,(H,21,22). The van der Waals surface area contributed by atoms with E-state index >= 15 is 0 Å². The lowest BCUT2D eigenvalue weighted by atomic mass is 9.98. The van der Waals surface area contributed by atoms with Crippen LogP contribution in [-0.4, -0.2) is 15.2 Å². The minimum atomic E-state index is -4.40. The van der Waals surface area contributed by atoms with Gasteiger partial charge in [0.1, 0.15) is 0 Å². The second-order valence-corrected chi connectivity index (χ2v) is 5.10. The molecule has 0 spiro atoms. The quantitative estimate of drug-likeness (QED) is 0.524. The average Bonchev–Trinajstić information content (AvgIpc) is 3.12. The van der Waals surface area contributed by atoms with Crippen molar-refractivity contribution in [2.24, 2.45) is 0 Å². The van der Waals surface area contributed by atoms with E-state index in [1.54, 1.807) is 12.4 Å². The van der Waals surface area contributed by atoms with Gasteiger partial charge in [-0.1, -0.05) is 18.2 Å². The van der Waals surface area contributed by atoms with Gasteiger partial charge < -0.3 is 4.98 Å². The lowest BCUT2D eigenvalue weighted by Crippen LogP contribution is -2.05. The van der Waals surface area contributed by atoms with Crippen molar-refractivity contribution in [3.63, 3.8) is 0 Å². The Morgan fingerprint density at radius 3 is 2.55 bits per heavy atom. The summed E-state index contributed by atoms with van der Waals surface area (Å²) >= 11 is 0. The lowest BCUT2D eigenvalue weighted by molar-refractivity contribution is -0.137. The fraction of sp³-hybridized carbons (Fsp3) is 0.0625. The maximum Gasteiger partial charge on any atom is 0.416 e. The zero-order valence-electron chi connectivity index (χ0n) is 11.2. The van der Waals surface area contributed by atoms with Crippen molar-refractivity contribution in [2.45, 2.75) is 6.18 Å². The summed E-state index contributed by atoms with van der Waals surface area (Å²) in [6.07, 6.45) is -1.13. The Hall–Kier alpha value is -2.76. The van der Waals surface area contributed by atoms with Crippen LogP contribution in [0.2, 0.25) is 0 Å². The van der Waals surface area contributed by atoms with Gasteiger partial charge in [-0.25, -0.2) is 0 Å². The fourth-order valence-electron chi connectivity index (χ4n) is 2.73. The van der Waals surface area contributed by atoms with E-state index in [4.69, 9.17) is 0 Å². The maximum atomic E-state index is 13.1. The smallest absolute Gasteiger partial charge is 0.361 e. The van der Waals surface area contributed by atoms with Gasteiger partial charge in [0, 0.05) is 28.0 Å². The van der Waals surface area contributed by atoms with Crippen LogP contribution < -0.4 is 0 Å². The number of nitrogens with zero attached hydrogens (tertiary/aromatic N) is 1. The Bertz CT molecular complexity index is 979. The van der Waals surface area contributed by atoms with Gasteiger partial charge in [-0.05, 0) is 23.8 Å². The van der Waals surface area contributed by atoms with Gasteiger partial charge in [0.05, 0.1) is 17.3 Å². The summed E-state index contributed by atoms with van der Waals surface area (Å²) in [5, 5.41) is 8.04. The molecule has 4 aromatic rings. The molecular formula is C16H10F3N3. The molecule has 4 rings (SSSR count). The third kappa shape index (κ3) is 1.88. The van der Waals surface area contributed by atoms with Crippen molar-refractivity contribution in [1.82, 2.24) is 15.2 Å². The first-order valence-corrected chi connectivity index (χ1v) is 6.65. The van der Waals surface area contributed by atoms with Crippen LogP contribution in [0.4, 0.5) is 13.2 Å². The van der Waals surface area contributed by atoms with E-state index in [0.717, 1.165) is 22.5 Å². The van der Waals surface area contributed by atoms with Crippen LogP contribution in [0.15, 0.2) is 48.8 Å². The third-order valence-corrected chi connectivity index (χ3v) is 3.77. The van der Waals surface area contributed by atoms with E-state index < -0.39 is 11.7 Å². The number of hydrogen-bond donors (Lipinski definition) is 2. The molecule has 2 N–H and O–H groups in total. The molecule has 0 amide bonds.